The van der Waals surface area contributed by atoms with Crippen LogP contribution >= 0.6 is 0 Å². The van der Waals surface area contributed by atoms with Crippen LogP contribution in [0.15, 0.2) is 61.2 Å². The molecule has 4 aliphatic rings. The zero-order valence-electron chi connectivity index (χ0n) is 31.3. The maximum absolute atomic E-state index is 12.2. The summed E-state index contributed by atoms with van der Waals surface area (Å²) in [6.07, 6.45) is 15.5. The third-order valence-corrected chi connectivity index (χ3v) is 12.3. The molecule has 2 saturated heterocycles. The van der Waals surface area contributed by atoms with Crippen LogP contribution in [0.1, 0.15) is 86.9 Å². The van der Waals surface area contributed by atoms with E-state index in [4.69, 9.17) is 0 Å². The van der Waals surface area contributed by atoms with Gasteiger partial charge in [-0.2, -0.15) is 20.3 Å². The molecule has 56 heavy (non-hydrogen) atoms. The van der Waals surface area contributed by atoms with Crippen LogP contribution in [0.2, 0.25) is 0 Å². The van der Waals surface area contributed by atoms with Crippen molar-refractivity contribution in [3.63, 3.8) is 0 Å². The van der Waals surface area contributed by atoms with Gasteiger partial charge in [0.2, 0.25) is 5.91 Å². The number of urea groups is 1. The molecule has 284 valence electrons. The van der Waals surface area contributed by atoms with E-state index in [1.165, 1.54) is 57.0 Å². The number of hydrogen-bond acceptors (Lipinski definition) is 11. The Bertz CT molecular complexity index is 2370. The Balaban J connectivity index is 0.757. The number of nitrogens with one attached hydrogen (secondary N) is 2. The minimum absolute atomic E-state index is 0.212. The fourth-order valence-electron chi connectivity index (χ4n) is 9.24. The first-order valence-corrected chi connectivity index (χ1v) is 19.5. The highest BCUT2D eigenvalue weighted by molar-refractivity contribution is 6.05. The van der Waals surface area contributed by atoms with Gasteiger partial charge in [-0.3, -0.25) is 15.0 Å². The summed E-state index contributed by atoms with van der Waals surface area (Å²) in [5.41, 5.74) is 6.03. The van der Waals surface area contributed by atoms with Crippen LogP contribution in [0.4, 0.5) is 16.2 Å². The lowest BCUT2D eigenvalue weighted by atomic mass is 9.56. The molecule has 2 aliphatic heterocycles. The lowest BCUT2D eigenvalue weighted by Crippen LogP contribution is -2.61. The molecule has 2 N–H and O–H groups in total. The molecule has 1 aromatic carbocycles. The van der Waals surface area contributed by atoms with Crippen LogP contribution in [0, 0.1) is 34.0 Å². The summed E-state index contributed by atoms with van der Waals surface area (Å²) >= 11 is 0. The average Bonchev–Trinajstić information content (AvgIpc) is 3.85. The second kappa shape index (κ2) is 14.5. The Labute approximate surface area is 324 Å². The van der Waals surface area contributed by atoms with Crippen molar-refractivity contribution in [2.45, 2.75) is 76.2 Å². The Morgan fingerprint density at radius 1 is 1.00 bits per heavy atom. The topological polar surface area (TPSA) is 187 Å². The Hall–Kier alpha value is -6.19. The Kier molecular flexibility index (Phi) is 9.17. The number of nitrogens with zero attached hydrogens (tertiary/aromatic N) is 11. The highest BCUT2D eigenvalue weighted by Gasteiger charge is 2.52. The molecule has 0 bridgehead atoms. The minimum Gasteiger partial charge on any atom is -0.368 e. The van der Waals surface area contributed by atoms with Gasteiger partial charge in [0.25, 0.3) is 0 Å². The molecule has 4 aromatic heterocycles. The third-order valence-electron chi connectivity index (χ3n) is 12.3. The van der Waals surface area contributed by atoms with Crippen LogP contribution in [-0.4, -0.2) is 83.8 Å². The van der Waals surface area contributed by atoms with Gasteiger partial charge in [0.1, 0.15) is 17.8 Å². The van der Waals surface area contributed by atoms with Gasteiger partial charge in [-0.1, -0.05) is 17.3 Å². The molecule has 0 unspecified atom stereocenters. The smallest absolute Gasteiger partial charge is 0.328 e. The molecular weight excluding hydrogens is 707 g/mol. The van der Waals surface area contributed by atoms with Crippen LogP contribution < -0.4 is 15.5 Å². The number of amides is 3. The number of anilines is 2. The van der Waals surface area contributed by atoms with E-state index in [0.29, 0.717) is 58.6 Å². The van der Waals surface area contributed by atoms with E-state index >= 15 is 0 Å². The zero-order chi connectivity index (χ0) is 38.4. The van der Waals surface area contributed by atoms with Crippen LogP contribution in [-0.2, 0) is 4.79 Å². The first-order valence-electron chi connectivity index (χ1n) is 19.5. The highest BCUT2D eigenvalue weighted by atomic mass is 16.2. The van der Waals surface area contributed by atoms with Gasteiger partial charge in [-0.05, 0) is 99.4 Å². The summed E-state index contributed by atoms with van der Waals surface area (Å²) < 4.78 is 3.35. The lowest BCUT2D eigenvalue weighted by molar-refractivity contribution is -0.120. The molecule has 2 saturated carbocycles. The van der Waals surface area contributed by atoms with Crippen molar-refractivity contribution >= 4 is 34.3 Å². The number of benzene rings is 1. The van der Waals surface area contributed by atoms with E-state index in [0.717, 1.165) is 42.1 Å². The molecule has 15 heteroatoms. The molecule has 6 heterocycles. The van der Waals surface area contributed by atoms with Crippen LogP contribution in [0.25, 0.3) is 22.5 Å². The number of aromatic nitrogens is 7. The molecule has 1 atom stereocenters. The van der Waals surface area contributed by atoms with Crippen molar-refractivity contribution in [3.05, 3.63) is 78.0 Å². The van der Waals surface area contributed by atoms with Gasteiger partial charge in [0, 0.05) is 55.3 Å². The SMILES string of the molecule is C[C@H](C#N)Nc1cc(-n2ncc3cc(C#N)cnc32)ncc1-n1cc(C2CCC(CCN3CC4(CC(c5ccc(N6CCC(=O)NC6=O)cc5)C4)C3)CC2)nn1. The fraction of sp³-hybridized carbons (Fsp3) is 0.439. The standard InChI is InChI=1S/C41H43N13O2/c1-26(18-42)47-34-15-37(54-39-31(21-46-54)14-28(19-43)20-45-39)44-22-36(34)53-23-35(49-50-53)30-4-2-27(3-5-30)10-12-51-24-41(25-51)16-32(17-41)29-6-8-33(9-7-29)52-13-11-38(55)48-40(52)56/h6-9,14-15,20-23,26-27,30,32H,2-5,10-13,16-17,24-25H2,1H3,(H,44,47)(H,48,55,56)/t26-,27?,30?/m1/s1. The first-order chi connectivity index (χ1) is 27.3. The van der Waals surface area contributed by atoms with Gasteiger partial charge in [0.15, 0.2) is 11.5 Å². The van der Waals surface area contributed by atoms with Gasteiger partial charge >= 0.3 is 6.03 Å². The van der Waals surface area contributed by atoms with Crippen molar-refractivity contribution in [1.82, 2.24) is 45.0 Å². The summed E-state index contributed by atoms with van der Waals surface area (Å²) in [7, 11) is 0. The summed E-state index contributed by atoms with van der Waals surface area (Å²) in [6, 6.07) is 15.5. The molecule has 4 fully saturated rings. The zero-order valence-corrected chi connectivity index (χ0v) is 31.3. The van der Waals surface area contributed by atoms with Gasteiger partial charge in [-0.15, -0.1) is 5.10 Å². The maximum atomic E-state index is 12.2. The van der Waals surface area contributed by atoms with E-state index in [9.17, 15) is 20.1 Å². The van der Waals surface area contributed by atoms with Gasteiger partial charge in [0.05, 0.1) is 41.6 Å². The maximum Gasteiger partial charge on any atom is 0.328 e. The predicted octanol–water partition coefficient (Wildman–Crippen LogP) is 5.58. The quantitative estimate of drug-likeness (QED) is 0.182. The van der Waals surface area contributed by atoms with Gasteiger partial charge in [-0.25, -0.2) is 19.4 Å². The summed E-state index contributed by atoms with van der Waals surface area (Å²) in [4.78, 5) is 37.1. The molecule has 5 aromatic rings. The van der Waals surface area contributed by atoms with Crippen LogP contribution in [0.5, 0.6) is 0 Å². The largest absolute Gasteiger partial charge is 0.368 e. The third kappa shape index (κ3) is 6.83. The molecule has 0 radical (unpaired) electrons. The van der Waals surface area contributed by atoms with Crippen LogP contribution in [0.3, 0.4) is 0 Å². The molecule has 9 rings (SSSR count). The Morgan fingerprint density at radius 3 is 2.55 bits per heavy atom. The normalized spacial score (nSPS) is 21.5. The summed E-state index contributed by atoms with van der Waals surface area (Å²) in [5, 5.41) is 38.8. The monoisotopic (exact) mass is 749 g/mol. The second-order valence-corrected chi connectivity index (χ2v) is 16.1. The second-order valence-electron chi connectivity index (χ2n) is 16.1. The van der Waals surface area contributed by atoms with Crippen molar-refractivity contribution < 1.29 is 9.59 Å². The number of pyridine rings is 2. The number of hydrogen-bond donors (Lipinski definition) is 2. The Morgan fingerprint density at radius 2 is 1.80 bits per heavy atom. The van der Waals surface area contributed by atoms with E-state index in [1.54, 1.807) is 39.6 Å². The highest BCUT2D eigenvalue weighted by Crippen LogP contribution is 2.56. The molecular formula is C41H43N13O2. The number of carbonyl (C=O) groups is 2. The van der Waals surface area contributed by atoms with E-state index in [-0.39, 0.29) is 11.9 Å². The molecule has 2 aliphatic carbocycles. The summed E-state index contributed by atoms with van der Waals surface area (Å²) in [5.74, 6) is 1.97. The number of rotatable bonds is 10. The van der Waals surface area contributed by atoms with E-state index in [2.05, 4.69) is 65.2 Å². The van der Waals surface area contributed by atoms with Crippen molar-refractivity contribution in [2.24, 2.45) is 11.3 Å². The number of carbonyl (C=O) groups excluding carboxylic acids is 2. The number of likely N-dealkylation sites (tertiary alicyclic amines) is 1. The van der Waals surface area contributed by atoms with E-state index in [1.807, 2.05) is 24.4 Å². The molecule has 3 amide bonds. The van der Waals surface area contributed by atoms with Crippen molar-refractivity contribution in [1.29, 1.82) is 10.5 Å². The van der Waals surface area contributed by atoms with Crippen molar-refractivity contribution in [2.75, 3.05) is 36.4 Å². The minimum atomic E-state index is -0.461. The molecule has 1 spiro atoms. The lowest BCUT2D eigenvalue weighted by Gasteiger charge is -2.59. The first kappa shape index (κ1) is 35.5. The number of fused-ring (bicyclic) bond motifs is 1. The predicted molar refractivity (Wildman–Crippen MR) is 207 cm³/mol. The summed E-state index contributed by atoms with van der Waals surface area (Å²) in [6.45, 7) is 5.77. The average molecular weight is 750 g/mol. The molecule has 15 nitrogen and oxygen atoms in total. The number of imide groups is 1. The fourth-order valence-corrected chi connectivity index (χ4v) is 9.24. The van der Waals surface area contributed by atoms with Crippen molar-refractivity contribution in [3.8, 4) is 23.6 Å². The van der Waals surface area contributed by atoms with E-state index < -0.39 is 6.04 Å². The van der Waals surface area contributed by atoms with Gasteiger partial charge < -0.3 is 10.2 Å². The number of nitriles is 2.